The SMILES string of the molecule is CCN(CC)C(=O)C1CC=CCC1C(=O)N(CC)CC. The van der Waals surface area contributed by atoms with E-state index in [1.165, 1.54) is 0 Å². The third-order valence-corrected chi connectivity index (χ3v) is 4.22. The molecule has 0 spiro atoms. The number of rotatable bonds is 6. The van der Waals surface area contributed by atoms with Crippen LogP contribution in [-0.2, 0) is 9.59 Å². The first kappa shape index (κ1) is 16.7. The third-order valence-electron chi connectivity index (χ3n) is 4.22. The van der Waals surface area contributed by atoms with E-state index >= 15 is 0 Å². The van der Waals surface area contributed by atoms with Crippen molar-refractivity contribution in [2.75, 3.05) is 26.2 Å². The topological polar surface area (TPSA) is 40.6 Å². The second kappa shape index (κ2) is 8.08. The molecule has 1 aliphatic carbocycles. The number of hydrogen-bond acceptors (Lipinski definition) is 2. The van der Waals surface area contributed by atoms with Crippen molar-refractivity contribution >= 4 is 11.8 Å². The van der Waals surface area contributed by atoms with E-state index in [2.05, 4.69) is 0 Å². The molecule has 0 aliphatic heterocycles. The minimum atomic E-state index is -0.187. The van der Waals surface area contributed by atoms with Gasteiger partial charge in [0.15, 0.2) is 0 Å². The van der Waals surface area contributed by atoms with Crippen LogP contribution in [0.2, 0.25) is 0 Å². The van der Waals surface area contributed by atoms with Gasteiger partial charge in [-0.2, -0.15) is 0 Å². The van der Waals surface area contributed by atoms with Crippen LogP contribution in [0.25, 0.3) is 0 Å². The summed E-state index contributed by atoms with van der Waals surface area (Å²) < 4.78 is 0. The molecule has 4 nitrogen and oxygen atoms in total. The molecule has 0 N–H and O–H groups in total. The summed E-state index contributed by atoms with van der Waals surface area (Å²) in [5, 5.41) is 0. The Kier molecular flexibility index (Phi) is 6.76. The van der Waals surface area contributed by atoms with Gasteiger partial charge in [0.05, 0.1) is 11.8 Å². The zero-order valence-corrected chi connectivity index (χ0v) is 13.3. The fourth-order valence-electron chi connectivity index (χ4n) is 2.90. The first-order valence-electron chi connectivity index (χ1n) is 7.83. The van der Waals surface area contributed by atoms with E-state index in [1.54, 1.807) is 0 Å². The zero-order chi connectivity index (χ0) is 15.1. The molecular weight excluding hydrogens is 252 g/mol. The Bertz CT molecular complexity index is 323. The van der Waals surface area contributed by atoms with Crippen LogP contribution >= 0.6 is 0 Å². The van der Waals surface area contributed by atoms with Crippen molar-refractivity contribution in [3.8, 4) is 0 Å². The molecule has 0 saturated heterocycles. The van der Waals surface area contributed by atoms with Gasteiger partial charge in [-0.3, -0.25) is 9.59 Å². The maximum atomic E-state index is 12.6. The standard InChI is InChI=1S/C16H28N2O2/c1-5-17(6-2)15(19)13-11-9-10-12-14(13)16(20)18(7-3)8-4/h9-10,13-14H,5-8,11-12H2,1-4H3. The van der Waals surface area contributed by atoms with Gasteiger partial charge >= 0.3 is 0 Å². The molecule has 2 atom stereocenters. The quantitative estimate of drug-likeness (QED) is 0.701. The number of carbonyl (C=O) groups is 2. The van der Waals surface area contributed by atoms with Gasteiger partial charge in [0.2, 0.25) is 11.8 Å². The second-order valence-corrected chi connectivity index (χ2v) is 5.18. The lowest BCUT2D eigenvalue weighted by molar-refractivity contribution is -0.146. The van der Waals surface area contributed by atoms with E-state index in [-0.39, 0.29) is 23.7 Å². The van der Waals surface area contributed by atoms with Crippen LogP contribution in [0.1, 0.15) is 40.5 Å². The molecule has 114 valence electrons. The van der Waals surface area contributed by atoms with Crippen molar-refractivity contribution in [2.24, 2.45) is 11.8 Å². The Balaban J connectivity index is 2.89. The van der Waals surface area contributed by atoms with Crippen molar-refractivity contribution in [3.63, 3.8) is 0 Å². The zero-order valence-electron chi connectivity index (χ0n) is 13.3. The molecule has 0 aromatic heterocycles. The minimum Gasteiger partial charge on any atom is -0.343 e. The molecule has 4 heteroatoms. The van der Waals surface area contributed by atoms with Crippen LogP contribution in [0.3, 0.4) is 0 Å². The van der Waals surface area contributed by atoms with Crippen molar-refractivity contribution in [1.82, 2.24) is 9.80 Å². The molecule has 2 amide bonds. The van der Waals surface area contributed by atoms with Crippen LogP contribution in [-0.4, -0.2) is 47.8 Å². The van der Waals surface area contributed by atoms with Gasteiger partial charge in [-0.1, -0.05) is 12.2 Å². The van der Waals surface area contributed by atoms with E-state index < -0.39 is 0 Å². The van der Waals surface area contributed by atoms with Crippen molar-refractivity contribution in [3.05, 3.63) is 12.2 Å². The van der Waals surface area contributed by atoms with Crippen molar-refractivity contribution in [1.29, 1.82) is 0 Å². The Morgan fingerprint density at radius 2 is 1.10 bits per heavy atom. The maximum Gasteiger partial charge on any atom is 0.226 e. The molecule has 0 aromatic rings. The Morgan fingerprint density at radius 3 is 1.35 bits per heavy atom. The lowest BCUT2D eigenvalue weighted by atomic mass is 9.81. The smallest absolute Gasteiger partial charge is 0.226 e. The normalized spacial score (nSPS) is 21.6. The van der Waals surface area contributed by atoms with Crippen LogP contribution in [0, 0.1) is 11.8 Å². The lowest BCUT2D eigenvalue weighted by Gasteiger charge is -2.33. The fraction of sp³-hybridized carbons (Fsp3) is 0.750. The van der Waals surface area contributed by atoms with E-state index in [0.29, 0.717) is 39.0 Å². The van der Waals surface area contributed by atoms with Gasteiger partial charge in [0.1, 0.15) is 0 Å². The molecule has 0 heterocycles. The maximum absolute atomic E-state index is 12.6. The molecular formula is C16H28N2O2. The van der Waals surface area contributed by atoms with Crippen molar-refractivity contribution < 1.29 is 9.59 Å². The number of nitrogens with zero attached hydrogens (tertiary/aromatic N) is 2. The van der Waals surface area contributed by atoms with Crippen LogP contribution in [0.5, 0.6) is 0 Å². The van der Waals surface area contributed by atoms with Gasteiger partial charge in [-0.15, -0.1) is 0 Å². The Hall–Kier alpha value is -1.32. The average molecular weight is 280 g/mol. The van der Waals surface area contributed by atoms with E-state index in [1.807, 2.05) is 49.6 Å². The second-order valence-electron chi connectivity index (χ2n) is 5.18. The van der Waals surface area contributed by atoms with E-state index in [0.717, 1.165) is 0 Å². The van der Waals surface area contributed by atoms with Crippen molar-refractivity contribution in [2.45, 2.75) is 40.5 Å². The Labute approximate surface area is 122 Å². The first-order chi connectivity index (χ1) is 9.60. The summed E-state index contributed by atoms with van der Waals surface area (Å²) in [6, 6.07) is 0. The molecule has 2 unspecified atom stereocenters. The molecule has 0 bridgehead atoms. The summed E-state index contributed by atoms with van der Waals surface area (Å²) in [7, 11) is 0. The molecule has 20 heavy (non-hydrogen) atoms. The number of carbonyl (C=O) groups excluding carboxylic acids is 2. The molecule has 1 rings (SSSR count). The van der Waals surface area contributed by atoms with Gasteiger partial charge in [0, 0.05) is 26.2 Å². The number of hydrogen-bond donors (Lipinski definition) is 0. The third kappa shape index (κ3) is 3.62. The number of amides is 2. The summed E-state index contributed by atoms with van der Waals surface area (Å²) in [6.07, 6.45) is 5.45. The molecule has 1 aliphatic rings. The van der Waals surface area contributed by atoms with Gasteiger partial charge in [-0.25, -0.2) is 0 Å². The monoisotopic (exact) mass is 280 g/mol. The molecule has 0 fully saturated rings. The average Bonchev–Trinajstić information content (AvgIpc) is 2.49. The summed E-state index contributed by atoms with van der Waals surface area (Å²) in [5.74, 6) is -0.115. The van der Waals surface area contributed by atoms with Crippen LogP contribution < -0.4 is 0 Å². The van der Waals surface area contributed by atoms with Crippen LogP contribution in [0.4, 0.5) is 0 Å². The molecule has 0 aromatic carbocycles. The summed E-state index contributed by atoms with van der Waals surface area (Å²) >= 11 is 0. The predicted molar refractivity (Wildman–Crippen MR) is 81.2 cm³/mol. The first-order valence-corrected chi connectivity index (χ1v) is 7.83. The molecule has 0 radical (unpaired) electrons. The van der Waals surface area contributed by atoms with Gasteiger partial charge in [-0.05, 0) is 40.5 Å². The van der Waals surface area contributed by atoms with Crippen LogP contribution in [0.15, 0.2) is 12.2 Å². The minimum absolute atomic E-state index is 0.129. The molecule has 0 saturated carbocycles. The van der Waals surface area contributed by atoms with E-state index in [9.17, 15) is 9.59 Å². The summed E-state index contributed by atoms with van der Waals surface area (Å²) in [4.78, 5) is 28.9. The largest absolute Gasteiger partial charge is 0.343 e. The van der Waals surface area contributed by atoms with Gasteiger partial charge in [0.25, 0.3) is 0 Å². The highest BCUT2D eigenvalue weighted by Crippen LogP contribution is 2.29. The van der Waals surface area contributed by atoms with E-state index in [4.69, 9.17) is 0 Å². The highest BCUT2D eigenvalue weighted by atomic mass is 16.2. The highest BCUT2D eigenvalue weighted by molar-refractivity contribution is 5.88. The lowest BCUT2D eigenvalue weighted by Crippen LogP contribution is -2.46. The fourth-order valence-corrected chi connectivity index (χ4v) is 2.90. The summed E-state index contributed by atoms with van der Waals surface area (Å²) in [6.45, 7) is 10.8. The number of allylic oxidation sites excluding steroid dienone is 2. The van der Waals surface area contributed by atoms with Gasteiger partial charge < -0.3 is 9.80 Å². The summed E-state index contributed by atoms with van der Waals surface area (Å²) in [5.41, 5.74) is 0. The Morgan fingerprint density at radius 1 is 0.800 bits per heavy atom. The predicted octanol–water partition coefficient (Wildman–Crippen LogP) is 2.31. The highest BCUT2D eigenvalue weighted by Gasteiger charge is 2.37.